The first-order valence-electron chi connectivity index (χ1n) is 8.58. The molecule has 0 aliphatic heterocycles. The Labute approximate surface area is 163 Å². The summed E-state index contributed by atoms with van der Waals surface area (Å²) >= 11 is 0. The molecule has 2 aromatic rings. The average Bonchev–Trinajstić information content (AvgIpc) is 2.67. The summed E-state index contributed by atoms with van der Waals surface area (Å²) < 4.78 is 10.2. The predicted molar refractivity (Wildman–Crippen MR) is 107 cm³/mol. The van der Waals surface area contributed by atoms with Crippen LogP contribution >= 0.6 is 0 Å². The normalized spacial score (nSPS) is 11.5. The number of methoxy groups -OCH3 is 1. The zero-order valence-corrected chi connectivity index (χ0v) is 15.9. The number of amides is 2. The number of ether oxygens (including phenoxy) is 2. The van der Waals surface area contributed by atoms with Crippen LogP contribution in [0.2, 0.25) is 0 Å². The molecule has 0 bridgehead atoms. The molecule has 146 valence electrons. The smallest absolute Gasteiger partial charge is 0.331 e. The van der Waals surface area contributed by atoms with Gasteiger partial charge < -0.3 is 20.1 Å². The fourth-order valence-corrected chi connectivity index (χ4v) is 2.26. The van der Waals surface area contributed by atoms with Gasteiger partial charge in [0, 0.05) is 24.4 Å². The van der Waals surface area contributed by atoms with Crippen molar-refractivity contribution in [3.63, 3.8) is 0 Å². The summed E-state index contributed by atoms with van der Waals surface area (Å²) in [5.74, 6) is -0.603. The average molecular weight is 382 g/mol. The van der Waals surface area contributed by atoms with Crippen molar-refractivity contribution in [1.29, 1.82) is 0 Å². The number of hydrogen-bond acceptors (Lipinski definition) is 5. The van der Waals surface area contributed by atoms with Crippen LogP contribution in [0, 0.1) is 0 Å². The predicted octanol–water partition coefficient (Wildman–Crippen LogP) is 3.24. The zero-order valence-electron chi connectivity index (χ0n) is 15.9. The van der Waals surface area contributed by atoms with E-state index in [0.29, 0.717) is 17.1 Å². The number of esters is 1. The SMILES string of the molecule is COc1cccc(/C=C/C(=O)O[C@@H](C)C(=O)Nc2ccc(NC(C)=O)cc2)c1. The highest BCUT2D eigenvalue weighted by Gasteiger charge is 2.16. The molecular formula is C21H22N2O5. The lowest BCUT2D eigenvalue weighted by molar-refractivity contribution is -0.148. The van der Waals surface area contributed by atoms with Gasteiger partial charge in [0.25, 0.3) is 5.91 Å². The van der Waals surface area contributed by atoms with Gasteiger partial charge in [0.15, 0.2) is 6.10 Å². The molecule has 0 aliphatic carbocycles. The van der Waals surface area contributed by atoms with Gasteiger partial charge in [-0.05, 0) is 55.0 Å². The molecule has 2 amide bonds. The Kier molecular flexibility index (Phi) is 7.33. The van der Waals surface area contributed by atoms with Crippen molar-refractivity contribution in [2.24, 2.45) is 0 Å². The molecular weight excluding hydrogens is 360 g/mol. The second kappa shape index (κ2) is 9.91. The fraction of sp³-hybridized carbons (Fsp3) is 0.190. The second-order valence-corrected chi connectivity index (χ2v) is 5.94. The third-order valence-corrected chi connectivity index (χ3v) is 3.64. The summed E-state index contributed by atoms with van der Waals surface area (Å²) in [7, 11) is 1.56. The number of nitrogens with one attached hydrogen (secondary N) is 2. The van der Waals surface area contributed by atoms with Crippen molar-refractivity contribution < 1.29 is 23.9 Å². The Morgan fingerprint density at radius 2 is 1.64 bits per heavy atom. The van der Waals surface area contributed by atoms with Gasteiger partial charge in [0.1, 0.15) is 5.75 Å². The first kappa shape index (κ1) is 20.7. The van der Waals surface area contributed by atoms with Crippen LogP contribution in [0.5, 0.6) is 5.75 Å². The van der Waals surface area contributed by atoms with Crippen LogP contribution in [0.3, 0.4) is 0 Å². The molecule has 0 unspecified atom stereocenters. The van der Waals surface area contributed by atoms with E-state index in [4.69, 9.17) is 9.47 Å². The Morgan fingerprint density at radius 1 is 1.00 bits per heavy atom. The maximum absolute atomic E-state index is 12.2. The van der Waals surface area contributed by atoms with Crippen LogP contribution in [-0.2, 0) is 19.1 Å². The second-order valence-electron chi connectivity index (χ2n) is 5.94. The Bertz CT molecular complexity index is 875. The minimum absolute atomic E-state index is 0.181. The van der Waals surface area contributed by atoms with E-state index < -0.39 is 18.0 Å². The maximum Gasteiger partial charge on any atom is 0.331 e. The molecule has 0 spiro atoms. The van der Waals surface area contributed by atoms with E-state index in [9.17, 15) is 14.4 Å². The van der Waals surface area contributed by atoms with E-state index in [1.54, 1.807) is 55.7 Å². The van der Waals surface area contributed by atoms with Gasteiger partial charge in [-0.1, -0.05) is 12.1 Å². The molecule has 1 atom stereocenters. The molecule has 2 N–H and O–H groups in total. The van der Waals surface area contributed by atoms with E-state index in [0.717, 1.165) is 5.56 Å². The van der Waals surface area contributed by atoms with Gasteiger partial charge >= 0.3 is 5.97 Å². The highest BCUT2D eigenvalue weighted by Crippen LogP contribution is 2.15. The van der Waals surface area contributed by atoms with Gasteiger partial charge in [0.2, 0.25) is 5.91 Å². The first-order chi connectivity index (χ1) is 13.4. The maximum atomic E-state index is 12.2. The van der Waals surface area contributed by atoms with Crippen LogP contribution in [0.4, 0.5) is 11.4 Å². The van der Waals surface area contributed by atoms with Gasteiger partial charge in [-0.3, -0.25) is 9.59 Å². The van der Waals surface area contributed by atoms with Crippen molar-refractivity contribution in [2.45, 2.75) is 20.0 Å². The van der Waals surface area contributed by atoms with E-state index in [2.05, 4.69) is 10.6 Å². The molecule has 2 aromatic carbocycles. The topological polar surface area (TPSA) is 93.7 Å². The number of carbonyl (C=O) groups is 3. The Hall–Kier alpha value is -3.61. The lowest BCUT2D eigenvalue weighted by Gasteiger charge is -2.12. The molecule has 0 aliphatic rings. The number of carbonyl (C=O) groups excluding carboxylic acids is 3. The fourth-order valence-electron chi connectivity index (χ4n) is 2.26. The van der Waals surface area contributed by atoms with Crippen molar-refractivity contribution in [3.8, 4) is 5.75 Å². The third-order valence-electron chi connectivity index (χ3n) is 3.64. The molecule has 0 heterocycles. The van der Waals surface area contributed by atoms with Gasteiger partial charge in [0.05, 0.1) is 7.11 Å². The third kappa shape index (κ3) is 6.60. The minimum Gasteiger partial charge on any atom is -0.497 e. The summed E-state index contributed by atoms with van der Waals surface area (Å²) in [5.41, 5.74) is 1.91. The van der Waals surface area contributed by atoms with Gasteiger partial charge in [-0.15, -0.1) is 0 Å². The Balaban J connectivity index is 1.87. The largest absolute Gasteiger partial charge is 0.497 e. The van der Waals surface area contributed by atoms with E-state index in [1.165, 1.54) is 19.9 Å². The number of hydrogen-bond donors (Lipinski definition) is 2. The van der Waals surface area contributed by atoms with Crippen LogP contribution < -0.4 is 15.4 Å². The van der Waals surface area contributed by atoms with Crippen molar-refractivity contribution in [3.05, 3.63) is 60.2 Å². The lowest BCUT2D eigenvalue weighted by Crippen LogP contribution is -2.29. The van der Waals surface area contributed by atoms with Crippen LogP contribution in [0.15, 0.2) is 54.6 Å². The molecule has 7 nitrogen and oxygen atoms in total. The monoisotopic (exact) mass is 382 g/mol. The van der Waals surface area contributed by atoms with Crippen molar-refractivity contribution in [1.82, 2.24) is 0 Å². The molecule has 0 aromatic heterocycles. The van der Waals surface area contributed by atoms with Crippen LogP contribution in [0.1, 0.15) is 19.4 Å². The zero-order chi connectivity index (χ0) is 20.5. The number of anilines is 2. The van der Waals surface area contributed by atoms with E-state index in [1.807, 2.05) is 6.07 Å². The quantitative estimate of drug-likeness (QED) is 0.566. The highest BCUT2D eigenvalue weighted by atomic mass is 16.5. The summed E-state index contributed by atoms with van der Waals surface area (Å²) in [6.07, 6.45) is 1.86. The summed E-state index contributed by atoms with van der Waals surface area (Å²) in [6.45, 7) is 2.90. The molecule has 0 radical (unpaired) electrons. The number of benzene rings is 2. The highest BCUT2D eigenvalue weighted by molar-refractivity contribution is 5.97. The lowest BCUT2D eigenvalue weighted by atomic mass is 10.2. The first-order valence-corrected chi connectivity index (χ1v) is 8.58. The van der Waals surface area contributed by atoms with Gasteiger partial charge in [-0.2, -0.15) is 0 Å². The van der Waals surface area contributed by atoms with E-state index >= 15 is 0 Å². The summed E-state index contributed by atoms with van der Waals surface area (Å²) in [6, 6.07) is 13.8. The Morgan fingerprint density at radius 3 is 2.25 bits per heavy atom. The molecule has 0 fully saturated rings. The molecule has 0 saturated heterocycles. The molecule has 7 heteroatoms. The molecule has 2 rings (SSSR count). The standard InChI is InChI=1S/C21H22N2O5/c1-14(21(26)23-18-10-8-17(9-11-18)22-15(2)24)28-20(25)12-7-16-5-4-6-19(13-16)27-3/h4-14H,1-3H3,(H,22,24)(H,23,26)/b12-7+/t14-/m0/s1. The summed E-state index contributed by atoms with van der Waals surface area (Å²) in [5, 5.41) is 5.28. The van der Waals surface area contributed by atoms with Crippen LogP contribution in [-0.4, -0.2) is 31.0 Å². The summed E-state index contributed by atoms with van der Waals surface area (Å²) in [4.78, 5) is 35.1. The van der Waals surface area contributed by atoms with Crippen molar-refractivity contribution in [2.75, 3.05) is 17.7 Å². The van der Waals surface area contributed by atoms with Crippen LogP contribution in [0.25, 0.3) is 6.08 Å². The van der Waals surface area contributed by atoms with E-state index in [-0.39, 0.29) is 5.91 Å². The number of rotatable bonds is 7. The molecule has 28 heavy (non-hydrogen) atoms. The van der Waals surface area contributed by atoms with Crippen molar-refractivity contribution >= 4 is 35.2 Å². The minimum atomic E-state index is -0.975. The molecule has 0 saturated carbocycles. The van der Waals surface area contributed by atoms with Gasteiger partial charge in [-0.25, -0.2) is 4.79 Å².